The van der Waals surface area contributed by atoms with Crippen molar-refractivity contribution in [3.05, 3.63) is 90.1 Å². The molecule has 7 heteroatoms. The van der Waals surface area contributed by atoms with Crippen LogP contribution in [0.4, 0.5) is 0 Å². The number of hydrogen-bond acceptors (Lipinski definition) is 4. The molecule has 1 aromatic heterocycles. The van der Waals surface area contributed by atoms with Crippen molar-refractivity contribution in [3.63, 3.8) is 0 Å². The maximum atomic E-state index is 13.2. The van der Waals surface area contributed by atoms with E-state index < -0.39 is 6.04 Å². The number of rotatable bonds is 4. The molecule has 3 N–H and O–H groups in total. The quantitative estimate of drug-likeness (QED) is 0.494. The third kappa shape index (κ3) is 4.43. The van der Waals surface area contributed by atoms with Gasteiger partial charge in [0.2, 0.25) is 5.91 Å². The Kier molecular flexibility index (Phi) is 6.10. The molecule has 1 atom stereocenters. The van der Waals surface area contributed by atoms with Crippen molar-refractivity contribution in [3.8, 4) is 11.1 Å². The predicted octanol–water partition coefficient (Wildman–Crippen LogP) is 3.60. The Bertz CT molecular complexity index is 1300. The van der Waals surface area contributed by atoms with E-state index >= 15 is 0 Å². The van der Waals surface area contributed by atoms with Crippen LogP contribution < -0.4 is 5.73 Å². The topological polar surface area (TPSA) is 95.3 Å². The van der Waals surface area contributed by atoms with Crippen molar-refractivity contribution in [1.29, 1.82) is 0 Å². The van der Waals surface area contributed by atoms with E-state index in [0.29, 0.717) is 38.2 Å². The summed E-state index contributed by atoms with van der Waals surface area (Å²) in [6, 6.07) is 22.7. The van der Waals surface area contributed by atoms with Crippen LogP contribution in [0.3, 0.4) is 0 Å². The van der Waals surface area contributed by atoms with E-state index in [0.717, 1.165) is 27.6 Å². The summed E-state index contributed by atoms with van der Waals surface area (Å²) < 4.78 is 0. The lowest BCUT2D eigenvalue weighted by Gasteiger charge is -2.25. The molecule has 3 aromatic carbocycles. The molecule has 4 aromatic rings. The minimum atomic E-state index is -0.726. The van der Waals surface area contributed by atoms with Crippen LogP contribution in [0, 0.1) is 0 Å². The van der Waals surface area contributed by atoms with Gasteiger partial charge in [0.1, 0.15) is 6.04 Å². The van der Waals surface area contributed by atoms with E-state index in [-0.39, 0.29) is 11.8 Å². The average Bonchev–Trinajstić information content (AvgIpc) is 3.23. The molecular weight excluding hydrogens is 426 g/mol. The number of nitrogens with two attached hydrogens (primary N) is 1. The fraction of sp³-hybridized carbons (Fsp3) is 0.222. The van der Waals surface area contributed by atoms with Gasteiger partial charge in [0, 0.05) is 37.1 Å². The lowest BCUT2D eigenvalue weighted by Crippen LogP contribution is -2.41. The van der Waals surface area contributed by atoms with Gasteiger partial charge in [-0.1, -0.05) is 54.6 Å². The fourth-order valence-electron chi connectivity index (χ4n) is 4.45. The molecule has 1 aliphatic heterocycles. The standard InChI is InChI=1S/C27H27N5O2/c28-25(21-9-7-20(8-10-21)19-5-2-1-3-6-19)27(34)32-14-4-13-31(15-16-32)26(33)22-11-12-24-23(17-22)18-29-30-24/h1-3,5-12,17-18,25H,4,13-16,28H2,(H,29,30). The Hall–Kier alpha value is -3.97. The van der Waals surface area contributed by atoms with Crippen LogP contribution in [0.2, 0.25) is 0 Å². The van der Waals surface area contributed by atoms with Crippen molar-refractivity contribution in [2.45, 2.75) is 12.5 Å². The molecule has 5 rings (SSSR count). The van der Waals surface area contributed by atoms with Crippen LogP contribution in [0.25, 0.3) is 22.0 Å². The Morgan fingerprint density at radius 1 is 0.853 bits per heavy atom. The number of aromatic amines is 1. The largest absolute Gasteiger partial charge is 0.339 e. The van der Waals surface area contributed by atoms with E-state index in [2.05, 4.69) is 22.3 Å². The number of carbonyl (C=O) groups is 2. The molecule has 1 fully saturated rings. The second-order valence-corrected chi connectivity index (χ2v) is 8.61. The van der Waals surface area contributed by atoms with Gasteiger partial charge in [0.15, 0.2) is 0 Å². The van der Waals surface area contributed by atoms with Crippen LogP contribution in [-0.2, 0) is 4.79 Å². The molecule has 1 unspecified atom stereocenters. The van der Waals surface area contributed by atoms with Gasteiger partial charge in [0.25, 0.3) is 5.91 Å². The lowest BCUT2D eigenvalue weighted by atomic mass is 10.0. The molecule has 34 heavy (non-hydrogen) atoms. The maximum absolute atomic E-state index is 13.2. The number of amides is 2. The van der Waals surface area contributed by atoms with E-state index in [1.807, 2.05) is 65.6 Å². The number of fused-ring (bicyclic) bond motifs is 1. The van der Waals surface area contributed by atoms with Crippen molar-refractivity contribution >= 4 is 22.7 Å². The SMILES string of the molecule is NC(C(=O)N1CCCN(C(=O)c2ccc3[nH]ncc3c2)CC1)c1ccc(-c2ccccc2)cc1. The third-order valence-corrected chi connectivity index (χ3v) is 6.42. The van der Waals surface area contributed by atoms with Crippen LogP contribution in [0.15, 0.2) is 79.0 Å². The molecule has 0 aliphatic carbocycles. The van der Waals surface area contributed by atoms with Gasteiger partial charge in [-0.15, -0.1) is 0 Å². The van der Waals surface area contributed by atoms with Gasteiger partial charge in [-0.25, -0.2) is 0 Å². The second-order valence-electron chi connectivity index (χ2n) is 8.61. The van der Waals surface area contributed by atoms with Crippen molar-refractivity contribution < 1.29 is 9.59 Å². The number of H-pyrrole nitrogens is 1. The summed E-state index contributed by atoms with van der Waals surface area (Å²) in [6.07, 6.45) is 2.42. The van der Waals surface area contributed by atoms with Crippen molar-refractivity contribution in [1.82, 2.24) is 20.0 Å². The Morgan fingerprint density at radius 2 is 1.56 bits per heavy atom. The smallest absolute Gasteiger partial charge is 0.253 e. The molecule has 2 amide bonds. The highest BCUT2D eigenvalue weighted by atomic mass is 16.2. The van der Waals surface area contributed by atoms with E-state index in [9.17, 15) is 9.59 Å². The van der Waals surface area contributed by atoms with Crippen LogP contribution in [0.5, 0.6) is 0 Å². The number of aromatic nitrogens is 2. The van der Waals surface area contributed by atoms with Crippen LogP contribution in [-0.4, -0.2) is 58.0 Å². The first-order chi connectivity index (χ1) is 16.6. The summed E-state index contributed by atoms with van der Waals surface area (Å²) in [7, 11) is 0. The van der Waals surface area contributed by atoms with Crippen LogP contribution in [0.1, 0.15) is 28.4 Å². The van der Waals surface area contributed by atoms with Gasteiger partial charge in [-0.3, -0.25) is 14.7 Å². The first-order valence-electron chi connectivity index (χ1n) is 11.5. The summed E-state index contributed by atoms with van der Waals surface area (Å²) in [4.78, 5) is 29.8. The van der Waals surface area contributed by atoms with Gasteiger partial charge < -0.3 is 15.5 Å². The number of hydrogen-bond donors (Lipinski definition) is 2. The van der Waals surface area contributed by atoms with Gasteiger partial charge >= 0.3 is 0 Å². The zero-order valence-corrected chi connectivity index (χ0v) is 18.9. The molecule has 0 bridgehead atoms. The van der Waals surface area contributed by atoms with E-state index in [1.54, 1.807) is 11.1 Å². The van der Waals surface area contributed by atoms with Crippen molar-refractivity contribution in [2.75, 3.05) is 26.2 Å². The second kappa shape index (κ2) is 9.49. The monoisotopic (exact) mass is 453 g/mol. The molecule has 0 saturated carbocycles. The number of benzene rings is 3. The maximum Gasteiger partial charge on any atom is 0.253 e. The zero-order valence-electron chi connectivity index (χ0n) is 18.9. The lowest BCUT2D eigenvalue weighted by molar-refractivity contribution is -0.132. The Balaban J connectivity index is 1.23. The molecule has 1 saturated heterocycles. The minimum absolute atomic E-state index is 0.0294. The van der Waals surface area contributed by atoms with Crippen LogP contribution >= 0.6 is 0 Å². The number of nitrogens with zero attached hydrogens (tertiary/aromatic N) is 3. The first-order valence-corrected chi connectivity index (χ1v) is 11.5. The number of nitrogens with one attached hydrogen (secondary N) is 1. The minimum Gasteiger partial charge on any atom is -0.339 e. The normalized spacial score (nSPS) is 15.2. The average molecular weight is 454 g/mol. The zero-order chi connectivity index (χ0) is 23.5. The molecular formula is C27H27N5O2. The summed E-state index contributed by atoms with van der Waals surface area (Å²) in [5, 5.41) is 7.82. The van der Waals surface area contributed by atoms with Gasteiger partial charge in [-0.05, 0) is 41.3 Å². The van der Waals surface area contributed by atoms with Gasteiger partial charge in [0.05, 0.1) is 11.7 Å². The number of carbonyl (C=O) groups excluding carboxylic acids is 2. The molecule has 7 nitrogen and oxygen atoms in total. The Morgan fingerprint density at radius 3 is 2.35 bits per heavy atom. The summed E-state index contributed by atoms with van der Waals surface area (Å²) in [5.41, 5.74) is 10.9. The van der Waals surface area contributed by atoms with Gasteiger partial charge in [-0.2, -0.15) is 5.10 Å². The predicted molar refractivity (Wildman–Crippen MR) is 132 cm³/mol. The van der Waals surface area contributed by atoms with E-state index in [4.69, 9.17) is 5.73 Å². The van der Waals surface area contributed by atoms with E-state index in [1.165, 1.54) is 0 Å². The van der Waals surface area contributed by atoms with Crippen molar-refractivity contribution in [2.24, 2.45) is 5.73 Å². The highest BCUT2D eigenvalue weighted by Gasteiger charge is 2.27. The molecule has 1 aliphatic rings. The highest BCUT2D eigenvalue weighted by Crippen LogP contribution is 2.23. The Labute approximate surface area is 198 Å². The molecule has 172 valence electrons. The summed E-state index contributed by atoms with van der Waals surface area (Å²) in [5.74, 6) is -0.139. The summed E-state index contributed by atoms with van der Waals surface area (Å²) in [6.45, 7) is 2.13. The highest BCUT2D eigenvalue weighted by molar-refractivity contribution is 5.98. The third-order valence-electron chi connectivity index (χ3n) is 6.42. The molecule has 0 radical (unpaired) electrons. The summed E-state index contributed by atoms with van der Waals surface area (Å²) >= 11 is 0. The molecule has 2 heterocycles. The first kappa shape index (κ1) is 21.9. The fourth-order valence-corrected chi connectivity index (χ4v) is 4.45. The molecule has 0 spiro atoms.